The Labute approximate surface area is 110 Å². The monoisotopic (exact) mass is 289 g/mol. The lowest BCUT2D eigenvalue weighted by Gasteiger charge is -2.12. The molecule has 9 heteroatoms. The molecule has 1 aromatic carbocycles. The number of nitrogens with two attached hydrogens (primary N) is 2. The first kappa shape index (κ1) is 15.5. The van der Waals surface area contributed by atoms with Gasteiger partial charge in [0, 0.05) is 5.56 Å². The van der Waals surface area contributed by atoms with E-state index < -0.39 is 35.5 Å². The average Bonchev–Trinajstić information content (AvgIpc) is 2.34. The van der Waals surface area contributed by atoms with Gasteiger partial charge in [0.1, 0.15) is 0 Å². The van der Waals surface area contributed by atoms with Crippen LogP contribution in [0.3, 0.4) is 0 Å². The number of amides is 3. The molecule has 0 aliphatic carbocycles. The Morgan fingerprint density at radius 1 is 1.00 bits per heavy atom. The summed E-state index contributed by atoms with van der Waals surface area (Å²) >= 11 is 0. The molecule has 1 aromatic rings. The number of nitrogens with one attached hydrogen (secondary N) is 1. The Bertz CT molecular complexity index is 526. The SMILES string of the molecule is NC(=O)C(NC(=O)c1ccc(C(F)(F)F)cc1)C(N)=O. The van der Waals surface area contributed by atoms with Crippen molar-refractivity contribution in [2.45, 2.75) is 12.2 Å². The Hall–Kier alpha value is -2.58. The summed E-state index contributed by atoms with van der Waals surface area (Å²) in [6.07, 6.45) is -4.53. The summed E-state index contributed by atoms with van der Waals surface area (Å²) in [6.45, 7) is 0. The molecule has 0 radical (unpaired) electrons. The van der Waals surface area contributed by atoms with Gasteiger partial charge in [-0.2, -0.15) is 13.2 Å². The van der Waals surface area contributed by atoms with Gasteiger partial charge < -0.3 is 16.8 Å². The van der Waals surface area contributed by atoms with Gasteiger partial charge in [0.2, 0.25) is 11.8 Å². The Balaban J connectivity index is 2.88. The minimum absolute atomic E-state index is 0.175. The quantitative estimate of drug-likeness (QED) is 0.665. The fourth-order valence-corrected chi connectivity index (χ4v) is 1.31. The standard InChI is InChI=1S/C11H10F3N3O3/c12-11(13,14)6-3-1-5(2-4-6)10(20)17-7(8(15)18)9(16)19/h1-4,7H,(H2,15,18)(H2,16,19)(H,17,20). The van der Waals surface area contributed by atoms with E-state index in [2.05, 4.69) is 0 Å². The minimum atomic E-state index is -4.53. The van der Waals surface area contributed by atoms with Crippen LogP contribution in [0.4, 0.5) is 13.2 Å². The summed E-state index contributed by atoms with van der Waals surface area (Å²) in [5.74, 6) is -3.28. The van der Waals surface area contributed by atoms with Crippen molar-refractivity contribution in [1.29, 1.82) is 0 Å². The Morgan fingerprint density at radius 2 is 1.45 bits per heavy atom. The third-order valence-corrected chi connectivity index (χ3v) is 2.32. The lowest BCUT2D eigenvalue weighted by Crippen LogP contribution is -2.52. The number of benzene rings is 1. The Kier molecular flexibility index (Phi) is 4.33. The van der Waals surface area contributed by atoms with E-state index in [1.54, 1.807) is 0 Å². The molecular weight excluding hydrogens is 279 g/mol. The van der Waals surface area contributed by atoms with Crippen LogP contribution in [0.25, 0.3) is 0 Å². The molecule has 108 valence electrons. The average molecular weight is 289 g/mol. The molecule has 1 rings (SSSR count). The molecule has 6 nitrogen and oxygen atoms in total. The van der Waals surface area contributed by atoms with Crippen LogP contribution in [-0.2, 0) is 15.8 Å². The van der Waals surface area contributed by atoms with E-state index in [-0.39, 0.29) is 5.56 Å². The number of hydrogen-bond donors (Lipinski definition) is 3. The van der Waals surface area contributed by atoms with Crippen molar-refractivity contribution in [2.24, 2.45) is 11.5 Å². The van der Waals surface area contributed by atoms with Gasteiger partial charge in [-0.15, -0.1) is 0 Å². The molecule has 0 fully saturated rings. The van der Waals surface area contributed by atoms with E-state index >= 15 is 0 Å². The van der Waals surface area contributed by atoms with Gasteiger partial charge in [-0.05, 0) is 24.3 Å². The minimum Gasteiger partial charge on any atom is -0.367 e. The number of hydrogen-bond acceptors (Lipinski definition) is 3. The molecule has 0 bridgehead atoms. The van der Waals surface area contributed by atoms with Gasteiger partial charge in [0.25, 0.3) is 5.91 Å². The summed E-state index contributed by atoms with van der Waals surface area (Å²) in [7, 11) is 0. The van der Waals surface area contributed by atoms with Crippen molar-refractivity contribution in [3.05, 3.63) is 35.4 Å². The van der Waals surface area contributed by atoms with Crippen LogP contribution in [0.2, 0.25) is 0 Å². The van der Waals surface area contributed by atoms with Crippen molar-refractivity contribution in [3.63, 3.8) is 0 Å². The molecule has 0 spiro atoms. The fraction of sp³-hybridized carbons (Fsp3) is 0.182. The molecule has 0 saturated carbocycles. The van der Waals surface area contributed by atoms with Crippen LogP contribution in [0.15, 0.2) is 24.3 Å². The highest BCUT2D eigenvalue weighted by Gasteiger charge is 2.30. The van der Waals surface area contributed by atoms with Crippen LogP contribution in [0.1, 0.15) is 15.9 Å². The molecule has 0 atom stereocenters. The highest BCUT2D eigenvalue weighted by molar-refractivity contribution is 6.08. The third-order valence-electron chi connectivity index (χ3n) is 2.32. The number of alkyl halides is 3. The van der Waals surface area contributed by atoms with Crippen LogP contribution >= 0.6 is 0 Å². The van der Waals surface area contributed by atoms with Gasteiger partial charge in [0.15, 0.2) is 6.04 Å². The van der Waals surface area contributed by atoms with Gasteiger partial charge in [0.05, 0.1) is 5.56 Å². The van der Waals surface area contributed by atoms with Crippen molar-refractivity contribution in [1.82, 2.24) is 5.32 Å². The number of carbonyl (C=O) groups is 3. The van der Waals surface area contributed by atoms with E-state index in [0.29, 0.717) is 12.1 Å². The van der Waals surface area contributed by atoms with E-state index in [1.807, 2.05) is 5.32 Å². The molecule has 0 heterocycles. The summed E-state index contributed by atoms with van der Waals surface area (Å²) in [4.78, 5) is 33.3. The van der Waals surface area contributed by atoms with Crippen LogP contribution in [0, 0.1) is 0 Å². The molecular formula is C11H10F3N3O3. The zero-order valence-electron chi connectivity index (χ0n) is 9.90. The highest BCUT2D eigenvalue weighted by Crippen LogP contribution is 2.29. The molecule has 3 amide bonds. The topological polar surface area (TPSA) is 115 Å². The molecule has 5 N–H and O–H groups in total. The third kappa shape index (κ3) is 3.70. The lowest BCUT2D eigenvalue weighted by molar-refractivity contribution is -0.137. The second-order valence-electron chi connectivity index (χ2n) is 3.79. The number of rotatable bonds is 4. The summed E-state index contributed by atoms with van der Waals surface area (Å²) in [5.41, 5.74) is 8.57. The van der Waals surface area contributed by atoms with E-state index in [4.69, 9.17) is 11.5 Å². The predicted molar refractivity (Wildman–Crippen MR) is 61.1 cm³/mol. The molecule has 0 aliphatic heterocycles. The summed E-state index contributed by atoms with van der Waals surface area (Å²) in [6, 6.07) is 1.45. The zero-order valence-corrected chi connectivity index (χ0v) is 9.90. The van der Waals surface area contributed by atoms with Gasteiger partial charge in [-0.1, -0.05) is 0 Å². The van der Waals surface area contributed by atoms with Crippen LogP contribution < -0.4 is 16.8 Å². The van der Waals surface area contributed by atoms with Gasteiger partial charge >= 0.3 is 6.18 Å². The number of carbonyl (C=O) groups excluding carboxylic acids is 3. The lowest BCUT2D eigenvalue weighted by atomic mass is 10.1. The fourth-order valence-electron chi connectivity index (χ4n) is 1.31. The van der Waals surface area contributed by atoms with E-state index in [1.165, 1.54) is 0 Å². The molecule has 0 aromatic heterocycles. The van der Waals surface area contributed by atoms with Crippen molar-refractivity contribution < 1.29 is 27.6 Å². The van der Waals surface area contributed by atoms with Crippen LogP contribution in [-0.4, -0.2) is 23.8 Å². The van der Waals surface area contributed by atoms with E-state index in [9.17, 15) is 27.6 Å². The second kappa shape index (κ2) is 5.59. The second-order valence-corrected chi connectivity index (χ2v) is 3.79. The largest absolute Gasteiger partial charge is 0.416 e. The first-order valence-corrected chi connectivity index (χ1v) is 5.19. The van der Waals surface area contributed by atoms with Gasteiger partial charge in [-0.3, -0.25) is 14.4 Å². The highest BCUT2D eigenvalue weighted by atomic mass is 19.4. The summed E-state index contributed by atoms with van der Waals surface area (Å²) in [5, 5.41) is 1.92. The Morgan fingerprint density at radius 3 is 1.80 bits per heavy atom. The van der Waals surface area contributed by atoms with Crippen molar-refractivity contribution in [3.8, 4) is 0 Å². The molecule has 0 unspecified atom stereocenters. The molecule has 0 saturated heterocycles. The maximum absolute atomic E-state index is 12.3. The number of primary amides is 2. The van der Waals surface area contributed by atoms with E-state index in [0.717, 1.165) is 12.1 Å². The normalized spacial score (nSPS) is 11.2. The van der Waals surface area contributed by atoms with Gasteiger partial charge in [-0.25, -0.2) is 0 Å². The van der Waals surface area contributed by atoms with Crippen LogP contribution in [0.5, 0.6) is 0 Å². The smallest absolute Gasteiger partial charge is 0.367 e. The van der Waals surface area contributed by atoms with Crippen molar-refractivity contribution in [2.75, 3.05) is 0 Å². The first-order valence-electron chi connectivity index (χ1n) is 5.19. The summed E-state index contributed by atoms with van der Waals surface area (Å²) < 4.78 is 37.0. The molecule has 20 heavy (non-hydrogen) atoms. The number of halogens is 3. The predicted octanol–water partition coefficient (Wildman–Crippen LogP) is -0.226. The zero-order chi connectivity index (χ0) is 15.5. The molecule has 0 aliphatic rings. The first-order chi connectivity index (χ1) is 9.12. The maximum Gasteiger partial charge on any atom is 0.416 e. The maximum atomic E-state index is 12.3. The van der Waals surface area contributed by atoms with Crippen molar-refractivity contribution >= 4 is 17.7 Å².